The van der Waals surface area contributed by atoms with Crippen LogP contribution in [0.4, 0.5) is 5.69 Å². The van der Waals surface area contributed by atoms with E-state index in [1.54, 1.807) is 56.0 Å². The van der Waals surface area contributed by atoms with Gasteiger partial charge in [0.05, 0.1) is 11.1 Å². The molecule has 1 aromatic carbocycles. The van der Waals surface area contributed by atoms with Crippen LogP contribution in [0.3, 0.4) is 0 Å². The van der Waals surface area contributed by atoms with E-state index in [1.165, 1.54) is 9.78 Å². The number of amides is 2. The van der Waals surface area contributed by atoms with Gasteiger partial charge in [-0.3, -0.25) is 9.59 Å². The summed E-state index contributed by atoms with van der Waals surface area (Å²) in [6.45, 7) is 1.70. The second-order valence-corrected chi connectivity index (χ2v) is 7.80. The second kappa shape index (κ2) is 9.34. The molecular weight excluding hydrogens is 374 g/mol. The average Bonchev–Trinajstić information content (AvgIpc) is 3.35. The minimum atomic E-state index is -0.0789. The highest BCUT2D eigenvalue weighted by Gasteiger charge is 2.18. The molecule has 2 N–H and O–H groups in total. The van der Waals surface area contributed by atoms with Crippen LogP contribution in [0.25, 0.3) is 0 Å². The Balaban J connectivity index is 1.61. The van der Waals surface area contributed by atoms with Gasteiger partial charge >= 0.3 is 0 Å². The predicted molar refractivity (Wildman–Crippen MR) is 109 cm³/mol. The summed E-state index contributed by atoms with van der Waals surface area (Å²) in [7, 11) is 3.42. The molecule has 3 aromatic rings. The smallest absolute Gasteiger partial charge is 0.279 e. The van der Waals surface area contributed by atoms with E-state index in [-0.39, 0.29) is 11.8 Å². The number of hydrogen-bond donors (Lipinski definition) is 2. The Morgan fingerprint density at radius 3 is 2.46 bits per heavy atom. The third-order valence-electron chi connectivity index (χ3n) is 4.24. The summed E-state index contributed by atoms with van der Waals surface area (Å²) in [4.78, 5) is 28.4. The molecule has 0 aliphatic rings. The Kier molecular flexibility index (Phi) is 6.62. The maximum Gasteiger partial charge on any atom is 0.279 e. The topological polar surface area (TPSA) is 67.0 Å². The van der Waals surface area contributed by atoms with Gasteiger partial charge in [0, 0.05) is 25.3 Å². The maximum absolute atomic E-state index is 12.6. The number of anilines is 1. The highest BCUT2D eigenvalue weighted by Crippen LogP contribution is 2.11. The first-order chi connectivity index (χ1) is 13.5. The normalized spacial score (nSPS) is 11.8. The van der Waals surface area contributed by atoms with E-state index in [1.807, 2.05) is 23.6 Å². The lowest BCUT2D eigenvalue weighted by Crippen LogP contribution is -3.10. The number of carbonyl (C=O) groups excluding carboxylic acids is 2. The quantitative estimate of drug-likeness (QED) is 0.612. The van der Waals surface area contributed by atoms with E-state index in [0.717, 1.165) is 17.2 Å². The molecule has 7 heteroatoms. The van der Waals surface area contributed by atoms with Gasteiger partial charge in [-0.1, -0.05) is 6.07 Å². The molecule has 2 aromatic heterocycles. The predicted octanol–water partition coefficient (Wildman–Crippen LogP) is 2.27. The van der Waals surface area contributed by atoms with E-state index in [4.69, 9.17) is 4.42 Å². The molecule has 0 aliphatic carbocycles. The minimum absolute atomic E-state index is 0.0668. The van der Waals surface area contributed by atoms with Gasteiger partial charge in [-0.25, -0.2) is 0 Å². The lowest BCUT2D eigenvalue weighted by molar-refractivity contribution is -0.920. The molecule has 3 rings (SSSR count). The molecule has 0 spiro atoms. The minimum Gasteiger partial charge on any atom is -0.463 e. The first-order valence-corrected chi connectivity index (χ1v) is 9.89. The number of quaternary nitrogens is 1. The van der Waals surface area contributed by atoms with Crippen molar-refractivity contribution in [1.29, 1.82) is 0 Å². The lowest BCUT2D eigenvalue weighted by Gasteiger charge is -2.17. The molecule has 2 heterocycles. The molecular formula is C21H24N3O3S+. The zero-order valence-corrected chi connectivity index (χ0v) is 16.8. The Labute approximate surface area is 168 Å². The standard InChI is InChI=1S/C21H23N3O3S/c1-23(2)21(26)16-7-9-17(10-8-16)22-20(25)15-24(13-18-5-3-11-27-18)14-19-6-4-12-28-19/h3-12H,13-15H2,1-2H3,(H,22,25)/p+1. The fourth-order valence-electron chi connectivity index (χ4n) is 2.89. The molecule has 2 amide bonds. The third-order valence-corrected chi connectivity index (χ3v) is 5.12. The Bertz CT molecular complexity index is 851. The number of furan rings is 1. The van der Waals surface area contributed by atoms with Crippen molar-refractivity contribution in [2.24, 2.45) is 0 Å². The highest BCUT2D eigenvalue weighted by atomic mass is 32.1. The van der Waals surface area contributed by atoms with E-state index in [9.17, 15) is 9.59 Å². The zero-order valence-electron chi connectivity index (χ0n) is 16.0. The van der Waals surface area contributed by atoms with Gasteiger partial charge in [-0.05, 0) is 47.8 Å². The van der Waals surface area contributed by atoms with Crippen molar-refractivity contribution in [2.75, 3.05) is 26.0 Å². The van der Waals surface area contributed by atoms with Crippen molar-refractivity contribution >= 4 is 28.8 Å². The van der Waals surface area contributed by atoms with Gasteiger partial charge in [-0.15, -0.1) is 11.3 Å². The molecule has 6 nitrogen and oxygen atoms in total. The van der Waals surface area contributed by atoms with Crippen molar-refractivity contribution in [3.05, 3.63) is 76.4 Å². The van der Waals surface area contributed by atoms with Gasteiger partial charge in [0.1, 0.15) is 13.1 Å². The fourth-order valence-corrected chi connectivity index (χ4v) is 3.67. The molecule has 0 radical (unpaired) electrons. The van der Waals surface area contributed by atoms with Crippen LogP contribution in [0.5, 0.6) is 0 Å². The lowest BCUT2D eigenvalue weighted by atomic mass is 10.2. The highest BCUT2D eigenvalue weighted by molar-refractivity contribution is 7.09. The third kappa shape index (κ3) is 5.55. The SMILES string of the molecule is CN(C)C(=O)c1ccc(NC(=O)C[NH+](Cc2ccco2)Cc2cccs2)cc1. The number of rotatable bonds is 8. The van der Waals surface area contributed by atoms with Gasteiger partial charge in [-0.2, -0.15) is 0 Å². The van der Waals surface area contributed by atoms with E-state index >= 15 is 0 Å². The molecule has 146 valence electrons. The summed E-state index contributed by atoms with van der Waals surface area (Å²) in [5.74, 6) is 0.707. The summed E-state index contributed by atoms with van der Waals surface area (Å²) in [5.41, 5.74) is 1.26. The van der Waals surface area contributed by atoms with Crippen LogP contribution in [-0.4, -0.2) is 37.4 Å². The molecule has 0 aliphatic heterocycles. The van der Waals surface area contributed by atoms with E-state index in [0.29, 0.717) is 24.3 Å². The summed E-state index contributed by atoms with van der Waals surface area (Å²) < 4.78 is 5.45. The van der Waals surface area contributed by atoms with Crippen LogP contribution in [0.2, 0.25) is 0 Å². The first-order valence-electron chi connectivity index (χ1n) is 9.01. The van der Waals surface area contributed by atoms with Crippen molar-refractivity contribution in [3.8, 4) is 0 Å². The van der Waals surface area contributed by atoms with E-state index < -0.39 is 0 Å². The van der Waals surface area contributed by atoms with Crippen LogP contribution in [0, 0.1) is 0 Å². The largest absolute Gasteiger partial charge is 0.463 e. The fraction of sp³-hybridized carbons (Fsp3) is 0.238. The van der Waals surface area contributed by atoms with Crippen LogP contribution in [0.1, 0.15) is 21.0 Å². The summed E-state index contributed by atoms with van der Waals surface area (Å²) in [6.07, 6.45) is 1.65. The molecule has 0 fully saturated rings. The zero-order chi connectivity index (χ0) is 19.9. The van der Waals surface area contributed by atoms with Crippen molar-refractivity contribution in [1.82, 2.24) is 4.90 Å². The van der Waals surface area contributed by atoms with Crippen molar-refractivity contribution in [3.63, 3.8) is 0 Å². The van der Waals surface area contributed by atoms with Crippen molar-refractivity contribution in [2.45, 2.75) is 13.1 Å². The van der Waals surface area contributed by atoms with Gasteiger partial charge in [0.2, 0.25) is 0 Å². The Hall–Kier alpha value is -2.90. The first kappa shape index (κ1) is 19.9. The van der Waals surface area contributed by atoms with Gasteiger partial charge in [0.15, 0.2) is 12.3 Å². The van der Waals surface area contributed by atoms with Crippen LogP contribution in [0.15, 0.2) is 64.6 Å². The Morgan fingerprint density at radius 2 is 1.86 bits per heavy atom. The van der Waals surface area contributed by atoms with Crippen LogP contribution >= 0.6 is 11.3 Å². The molecule has 0 bridgehead atoms. The molecule has 1 atom stereocenters. The molecule has 0 saturated heterocycles. The van der Waals surface area contributed by atoms with Crippen LogP contribution < -0.4 is 10.2 Å². The van der Waals surface area contributed by atoms with Gasteiger partial charge in [0.25, 0.3) is 11.8 Å². The average molecular weight is 399 g/mol. The Morgan fingerprint density at radius 1 is 1.07 bits per heavy atom. The second-order valence-electron chi connectivity index (χ2n) is 6.76. The molecule has 0 saturated carbocycles. The number of benzene rings is 1. The van der Waals surface area contributed by atoms with Gasteiger partial charge < -0.3 is 19.5 Å². The number of carbonyl (C=O) groups is 2. The maximum atomic E-state index is 12.6. The van der Waals surface area contributed by atoms with Crippen molar-refractivity contribution < 1.29 is 18.9 Å². The van der Waals surface area contributed by atoms with E-state index in [2.05, 4.69) is 11.4 Å². The number of hydrogen-bond acceptors (Lipinski definition) is 4. The number of nitrogens with one attached hydrogen (secondary N) is 2. The molecule has 1 unspecified atom stereocenters. The summed E-state index contributed by atoms with van der Waals surface area (Å²) in [5, 5.41) is 4.95. The number of thiophene rings is 1. The monoisotopic (exact) mass is 398 g/mol. The van der Waals surface area contributed by atoms with Crippen LogP contribution in [-0.2, 0) is 17.9 Å². The summed E-state index contributed by atoms with van der Waals surface area (Å²) in [6, 6.07) is 14.8. The number of nitrogens with zero attached hydrogens (tertiary/aromatic N) is 1. The summed E-state index contributed by atoms with van der Waals surface area (Å²) >= 11 is 1.68. The molecule has 28 heavy (non-hydrogen) atoms.